The second kappa shape index (κ2) is 8.82. The number of benzene rings is 3. The maximum atomic E-state index is 14.2. The van der Waals surface area contributed by atoms with Crippen LogP contribution in [-0.4, -0.2) is 25.3 Å². The number of hydrogen-bond donors (Lipinski definition) is 1. The maximum Gasteiger partial charge on any atom is 0.263 e. The van der Waals surface area contributed by atoms with Gasteiger partial charge in [0.2, 0.25) is 0 Å². The van der Waals surface area contributed by atoms with Gasteiger partial charge in [-0.1, -0.05) is 24.3 Å². The quantitative estimate of drug-likeness (QED) is 0.598. The van der Waals surface area contributed by atoms with Crippen molar-refractivity contribution in [3.63, 3.8) is 0 Å². The summed E-state index contributed by atoms with van der Waals surface area (Å²) in [4.78, 5) is 14.1. The smallest absolute Gasteiger partial charge is 0.263 e. The molecule has 4 rings (SSSR count). The van der Waals surface area contributed by atoms with Crippen LogP contribution in [0.1, 0.15) is 23.6 Å². The molecule has 3 aromatic carbocycles. The lowest BCUT2D eigenvalue weighted by molar-refractivity contribution is -0.138. The minimum atomic E-state index is -4.04. The van der Waals surface area contributed by atoms with Crippen molar-refractivity contribution in [1.82, 2.24) is 4.90 Å². The van der Waals surface area contributed by atoms with Crippen molar-refractivity contribution in [1.29, 1.82) is 0 Å². The number of aryl methyl sites for hydroxylation is 1. The van der Waals surface area contributed by atoms with E-state index >= 15 is 0 Å². The number of amides is 1. The predicted octanol–water partition coefficient (Wildman–Crippen LogP) is 4.38. The van der Waals surface area contributed by atoms with Gasteiger partial charge in [0.05, 0.1) is 4.90 Å². The third-order valence-corrected chi connectivity index (χ3v) is 6.79. The molecule has 6 nitrogen and oxygen atoms in total. The van der Waals surface area contributed by atoms with Gasteiger partial charge in [-0.25, -0.2) is 17.2 Å². The maximum absolute atomic E-state index is 14.2. The van der Waals surface area contributed by atoms with Crippen LogP contribution in [0.3, 0.4) is 0 Å². The molecule has 0 aliphatic carbocycles. The summed E-state index contributed by atoms with van der Waals surface area (Å²) in [6.45, 7) is 3.29. The molecule has 9 heteroatoms. The number of halogens is 2. The lowest BCUT2D eigenvalue weighted by atomic mass is 10.1. The van der Waals surface area contributed by atoms with E-state index in [2.05, 4.69) is 4.72 Å². The molecule has 3 aromatic rings. The Morgan fingerprint density at radius 3 is 2.55 bits per heavy atom. The van der Waals surface area contributed by atoms with Crippen LogP contribution < -0.4 is 9.46 Å². The monoisotopic (exact) mass is 472 g/mol. The number of carbonyl (C=O) groups is 1. The third-order valence-electron chi connectivity index (χ3n) is 5.41. The van der Waals surface area contributed by atoms with Crippen LogP contribution in [0.2, 0.25) is 0 Å². The van der Waals surface area contributed by atoms with Crippen LogP contribution in [0.4, 0.5) is 14.5 Å². The van der Waals surface area contributed by atoms with Crippen LogP contribution in [0, 0.1) is 18.6 Å². The van der Waals surface area contributed by atoms with E-state index in [1.54, 1.807) is 44.2 Å². The van der Waals surface area contributed by atoms with Gasteiger partial charge in [-0.3, -0.25) is 9.52 Å². The number of sulfonamides is 1. The molecule has 0 bridgehead atoms. The van der Waals surface area contributed by atoms with Crippen LogP contribution in [-0.2, 0) is 27.9 Å². The molecular weight excluding hydrogens is 450 g/mol. The molecule has 1 aliphatic heterocycles. The zero-order valence-corrected chi connectivity index (χ0v) is 18.8. The lowest BCUT2D eigenvalue weighted by Gasteiger charge is -2.22. The molecule has 0 unspecified atom stereocenters. The van der Waals surface area contributed by atoms with Crippen molar-refractivity contribution in [2.75, 3.05) is 4.72 Å². The van der Waals surface area contributed by atoms with Gasteiger partial charge in [0, 0.05) is 29.9 Å². The van der Waals surface area contributed by atoms with E-state index in [0.717, 1.165) is 6.07 Å². The summed E-state index contributed by atoms with van der Waals surface area (Å²) >= 11 is 0. The summed E-state index contributed by atoms with van der Waals surface area (Å²) in [5.74, 6) is -0.928. The molecule has 33 heavy (non-hydrogen) atoms. The highest BCUT2D eigenvalue weighted by atomic mass is 32.2. The van der Waals surface area contributed by atoms with Gasteiger partial charge in [0.15, 0.2) is 6.10 Å². The molecule has 1 atom stereocenters. The van der Waals surface area contributed by atoms with Crippen molar-refractivity contribution < 1.29 is 26.7 Å². The average Bonchev–Trinajstić information content (AvgIpc) is 2.88. The first kappa shape index (κ1) is 22.7. The Balaban J connectivity index is 1.62. The highest BCUT2D eigenvalue weighted by molar-refractivity contribution is 7.92. The SMILES string of the molecule is Cc1ccc(S(=O)(=O)Nc2ccc3c(c2)CN(Cc2ccccc2F)C(=O)[C@H](C)O3)cc1F. The summed E-state index contributed by atoms with van der Waals surface area (Å²) in [5.41, 5.74) is 1.48. The first-order valence-corrected chi connectivity index (χ1v) is 11.7. The minimum Gasteiger partial charge on any atom is -0.481 e. The Morgan fingerprint density at radius 2 is 1.82 bits per heavy atom. The molecule has 1 heterocycles. The number of carbonyl (C=O) groups excluding carboxylic acids is 1. The fourth-order valence-corrected chi connectivity index (χ4v) is 4.64. The zero-order valence-electron chi connectivity index (χ0n) is 18.0. The molecule has 0 aromatic heterocycles. The average molecular weight is 473 g/mol. The molecule has 0 radical (unpaired) electrons. The van der Waals surface area contributed by atoms with E-state index in [0.29, 0.717) is 22.4 Å². The highest BCUT2D eigenvalue weighted by Gasteiger charge is 2.29. The molecular formula is C24H22F2N2O4S. The molecule has 1 aliphatic rings. The molecule has 0 saturated heterocycles. The number of fused-ring (bicyclic) bond motifs is 1. The molecule has 1 amide bonds. The fourth-order valence-electron chi connectivity index (χ4n) is 3.58. The van der Waals surface area contributed by atoms with Gasteiger partial charge in [0.25, 0.3) is 15.9 Å². The number of ether oxygens (including phenoxy) is 1. The van der Waals surface area contributed by atoms with Gasteiger partial charge in [-0.2, -0.15) is 0 Å². The van der Waals surface area contributed by atoms with E-state index in [9.17, 15) is 22.0 Å². The summed E-state index contributed by atoms with van der Waals surface area (Å²) in [5, 5.41) is 0. The van der Waals surface area contributed by atoms with Crippen molar-refractivity contribution in [2.24, 2.45) is 0 Å². The topological polar surface area (TPSA) is 75.7 Å². The van der Waals surface area contributed by atoms with E-state index in [-0.39, 0.29) is 29.6 Å². The second-order valence-electron chi connectivity index (χ2n) is 7.88. The molecule has 172 valence electrons. The minimum absolute atomic E-state index is 0.0389. The second-order valence-corrected chi connectivity index (χ2v) is 9.57. The number of nitrogens with zero attached hydrogens (tertiary/aromatic N) is 1. The van der Waals surface area contributed by atoms with E-state index < -0.39 is 27.8 Å². The predicted molar refractivity (Wildman–Crippen MR) is 119 cm³/mol. The van der Waals surface area contributed by atoms with Gasteiger partial charge >= 0.3 is 0 Å². The number of nitrogens with one attached hydrogen (secondary N) is 1. The normalized spacial score (nSPS) is 16.1. The van der Waals surface area contributed by atoms with Gasteiger partial charge in [0.1, 0.15) is 17.4 Å². The Labute approximate surface area is 190 Å². The van der Waals surface area contributed by atoms with Crippen molar-refractivity contribution in [3.05, 3.63) is 89.0 Å². The number of hydrogen-bond acceptors (Lipinski definition) is 4. The van der Waals surface area contributed by atoms with Crippen LogP contribution >= 0.6 is 0 Å². The van der Waals surface area contributed by atoms with Crippen molar-refractivity contribution in [3.8, 4) is 5.75 Å². The lowest BCUT2D eigenvalue weighted by Crippen LogP contribution is -2.37. The standard InChI is InChI=1S/C24H22F2N2O4S/c1-15-7-9-20(12-22(15)26)33(30,31)27-19-8-10-23-18(11-19)14-28(24(29)16(2)32-23)13-17-5-3-4-6-21(17)25/h3-12,16,27H,13-14H2,1-2H3/t16-/m0/s1. The molecule has 0 spiro atoms. The van der Waals surface area contributed by atoms with Gasteiger partial charge in [-0.05, 0) is 55.8 Å². The number of anilines is 1. The molecule has 0 saturated carbocycles. The van der Waals surface area contributed by atoms with Gasteiger partial charge < -0.3 is 9.64 Å². The summed E-state index contributed by atoms with van der Waals surface area (Å²) in [7, 11) is -4.04. The van der Waals surface area contributed by atoms with Crippen molar-refractivity contribution >= 4 is 21.6 Å². The van der Waals surface area contributed by atoms with Gasteiger partial charge in [-0.15, -0.1) is 0 Å². The van der Waals surface area contributed by atoms with Crippen LogP contribution in [0.5, 0.6) is 5.75 Å². The highest BCUT2D eigenvalue weighted by Crippen LogP contribution is 2.30. The number of rotatable bonds is 5. The largest absolute Gasteiger partial charge is 0.481 e. The fraction of sp³-hybridized carbons (Fsp3) is 0.208. The van der Waals surface area contributed by atoms with E-state index in [1.165, 1.54) is 29.2 Å². The Kier molecular flexibility index (Phi) is 6.07. The summed E-state index contributed by atoms with van der Waals surface area (Å²) in [6, 6.07) is 14.5. The Morgan fingerprint density at radius 1 is 1.06 bits per heavy atom. The summed E-state index contributed by atoms with van der Waals surface area (Å²) < 4.78 is 61.7. The Bertz CT molecular complexity index is 1330. The molecule has 0 fully saturated rings. The summed E-state index contributed by atoms with van der Waals surface area (Å²) in [6.07, 6.45) is -0.795. The van der Waals surface area contributed by atoms with E-state index in [4.69, 9.17) is 4.74 Å². The zero-order chi connectivity index (χ0) is 23.8. The first-order chi connectivity index (χ1) is 15.6. The van der Waals surface area contributed by atoms with Crippen LogP contribution in [0.25, 0.3) is 0 Å². The molecule has 1 N–H and O–H groups in total. The van der Waals surface area contributed by atoms with E-state index in [1.807, 2.05) is 0 Å². The van der Waals surface area contributed by atoms with Crippen LogP contribution in [0.15, 0.2) is 65.6 Å². The third kappa shape index (κ3) is 4.83. The Hall–Kier alpha value is -3.46. The first-order valence-electron chi connectivity index (χ1n) is 10.2. The van der Waals surface area contributed by atoms with Crippen molar-refractivity contribution in [2.45, 2.75) is 37.9 Å².